The van der Waals surface area contributed by atoms with Gasteiger partial charge in [-0.2, -0.15) is 5.26 Å². The van der Waals surface area contributed by atoms with E-state index in [9.17, 15) is 4.79 Å². The third-order valence-electron chi connectivity index (χ3n) is 1.35. The lowest BCUT2D eigenvalue weighted by Gasteiger charge is -1.97. The zero-order chi connectivity index (χ0) is 9.14. The molecule has 0 aliphatic rings. The number of phenolic OH excluding ortho intramolecular Hbond substituents is 1. The molecule has 1 rings (SSSR count). The molecule has 0 atom stereocenters. The molecule has 12 heavy (non-hydrogen) atoms. The second kappa shape index (κ2) is 2.93. The maximum atomic E-state index is 10.5. The van der Waals surface area contributed by atoms with Crippen LogP contribution in [0.25, 0.3) is 0 Å². The summed E-state index contributed by atoms with van der Waals surface area (Å²) in [5, 5.41) is 25.9. The SMILES string of the molecule is N#Cc1ccc(O)cc1C(=O)O. The Morgan fingerprint density at radius 3 is 2.67 bits per heavy atom. The highest BCUT2D eigenvalue weighted by Gasteiger charge is 2.09. The van der Waals surface area contributed by atoms with Crippen LogP contribution in [0.1, 0.15) is 15.9 Å². The van der Waals surface area contributed by atoms with Crippen LogP contribution in [-0.4, -0.2) is 16.2 Å². The monoisotopic (exact) mass is 163 g/mol. The fourth-order valence-electron chi connectivity index (χ4n) is 0.807. The van der Waals surface area contributed by atoms with Gasteiger partial charge >= 0.3 is 5.97 Å². The first-order valence-corrected chi connectivity index (χ1v) is 3.11. The lowest BCUT2D eigenvalue weighted by molar-refractivity contribution is 0.0696. The topological polar surface area (TPSA) is 81.3 Å². The number of nitriles is 1. The molecular formula is C8H5NO3. The minimum absolute atomic E-state index is 0.0419. The summed E-state index contributed by atoms with van der Waals surface area (Å²) in [5.41, 5.74) is -0.141. The van der Waals surface area contributed by atoms with Crippen LogP contribution in [0.15, 0.2) is 18.2 Å². The number of carboxylic acid groups (broad SMARTS) is 1. The van der Waals surface area contributed by atoms with Crippen molar-refractivity contribution in [1.29, 1.82) is 5.26 Å². The van der Waals surface area contributed by atoms with E-state index in [0.717, 1.165) is 6.07 Å². The van der Waals surface area contributed by atoms with Crippen LogP contribution in [0.2, 0.25) is 0 Å². The maximum absolute atomic E-state index is 10.5. The van der Waals surface area contributed by atoms with E-state index in [2.05, 4.69) is 0 Å². The summed E-state index contributed by atoms with van der Waals surface area (Å²) in [6, 6.07) is 5.29. The van der Waals surface area contributed by atoms with Gasteiger partial charge in [0.25, 0.3) is 0 Å². The van der Waals surface area contributed by atoms with Crippen molar-refractivity contribution in [3.8, 4) is 11.8 Å². The van der Waals surface area contributed by atoms with Crippen molar-refractivity contribution in [3.63, 3.8) is 0 Å². The lowest BCUT2D eigenvalue weighted by atomic mass is 10.1. The molecule has 0 aliphatic carbocycles. The van der Waals surface area contributed by atoms with Crippen molar-refractivity contribution < 1.29 is 15.0 Å². The van der Waals surface area contributed by atoms with Crippen LogP contribution < -0.4 is 0 Å². The van der Waals surface area contributed by atoms with Crippen molar-refractivity contribution in [3.05, 3.63) is 29.3 Å². The molecule has 0 saturated carbocycles. The lowest BCUT2D eigenvalue weighted by Crippen LogP contribution is -1.99. The van der Waals surface area contributed by atoms with Crippen LogP contribution >= 0.6 is 0 Å². The minimum atomic E-state index is -1.22. The second-order valence-electron chi connectivity index (χ2n) is 2.15. The van der Waals surface area contributed by atoms with Gasteiger partial charge in [0.2, 0.25) is 0 Å². The Kier molecular flexibility index (Phi) is 1.97. The summed E-state index contributed by atoms with van der Waals surface area (Å²) in [4.78, 5) is 10.5. The van der Waals surface area contributed by atoms with Gasteiger partial charge in [0, 0.05) is 0 Å². The van der Waals surface area contributed by atoms with E-state index in [-0.39, 0.29) is 16.9 Å². The Morgan fingerprint density at radius 1 is 1.50 bits per heavy atom. The molecule has 0 fully saturated rings. The molecule has 0 aliphatic heterocycles. The highest BCUT2D eigenvalue weighted by molar-refractivity contribution is 5.91. The first kappa shape index (κ1) is 8.08. The van der Waals surface area contributed by atoms with Crippen LogP contribution in [0.3, 0.4) is 0 Å². The van der Waals surface area contributed by atoms with Gasteiger partial charge in [-0.25, -0.2) is 4.79 Å². The maximum Gasteiger partial charge on any atom is 0.337 e. The number of nitrogens with zero attached hydrogens (tertiary/aromatic N) is 1. The van der Waals surface area contributed by atoms with Crippen molar-refractivity contribution in [1.82, 2.24) is 0 Å². The third-order valence-corrected chi connectivity index (χ3v) is 1.35. The molecule has 1 aromatic rings. The number of hydrogen-bond donors (Lipinski definition) is 2. The summed E-state index contributed by atoms with van der Waals surface area (Å²) in [5.74, 6) is -1.38. The summed E-state index contributed by atoms with van der Waals surface area (Å²) < 4.78 is 0. The molecule has 0 bridgehead atoms. The first-order valence-electron chi connectivity index (χ1n) is 3.11. The van der Waals surface area contributed by atoms with Crippen LogP contribution in [-0.2, 0) is 0 Å². The second-order valence-corrected chi connectivity index (χ2v) is 2.15. The van der Waals surface area contributed by atoms with Gasteiger partial charge in [-0.1, -0.05) is 0 Å². The Labute approximate surface area is 68.3 Å². The van der Waals surface area contributed by atoms with E-state index in [4.69, 9.17) is 15.5 Å². The van der Waals surface area contributed by atoms with E-state index in [0.29, 0.717) is 0 Å². The van der Waals surface area contributed by atoms with Crippen molar-refractivity contribution in [2.75, 3.05) is 0 Å². The molecule has 0 spiro atoms. The van der Waals surface area contributed by atoms with E-state index in [1.807, 2.05) is 0 Å². The van der Waals surface area contributed by atoms with Gasteiger partial charge in [-0.3, -0.25) is 0 Å². The Balaban J connectivity index is 3.34. The highest BCUT2D eigenvalue weighted by Crippen LogP contribution is 2.15. The van der Waals surface area contributed by atoms with E-state index >= 15 is 0 Å². The Bertz CT molecular complexity index is 365. The van der Waals surface area contributed by atoms with E-state index in [1.165, 1.54) is 12.1 Å². The third kappa shape index (κ3) is 1.35. The van der Waals surface area contributed by atoms with Crippen molar-refractivity contribution in [2.24, 2.45) is 0 Å². The average molecular weight is 163 g/mol. The highest BCUT2D eigenvalue weighted by atomic mass is 16.4. The standard InChI is InChI=1S/C8H5NO3/c9-4-5-1-2-6(10)3-7(5)8(11)12/h1-3,10H,(H,11,12). The molecule has 0 aromatic heterocycles. The largest absolute Gasteiger partial charge is 0.508 e. The van der Waals surface area contributed by atoms with Crippen molar-refractivity contribution >= 4 is 5.97 Å². The number of benzene rings is 1. The van der Waals surface area contributed by atoms with Gasteiger partial charge in [-0.05, 0) is 18.2 Å². The number of aromatic carboxylic acids is 1. The first-order chi connectivity index (χ1) is 5.65. The Morgan fingerprint density at radius 2 is 2.17 bits per heavy atom. The molecule has 0 heterocycles. The molecule has 4 heteroatoms. The molecular weight excluding hydrogens is 158 g/mol. The molecule has 2 N–H and O–H groups in total. The fourth-order valence-corrected chi connectivity index (χ4v) is 0.807. The van der Waals surface area contributed by atoms with Gasteiger partial charge in [0.15, 0.2) is 0 Å². The molecule has 60 valence electrons. The fraction of sp³-hybridized carbons (Fsp3) is 0. The molecule has 0 amide bonds. The predicted molar refractivity (Wildman–Crippen MR) is 39.8 cm³/mol. The molecule has 1 aromatic carbocycles. The summed E-state index contributed by atoms with van der Waals surface area (Å²) >= 11 is 0. The molecule has 0 unspecified atom stereocenters. The summed E-state index contributed by atoms with van der Waals surface area (Å²) in [6.07, 6.45) is 0. The van der Waals surface area contributed by atoms with E-state index in [1.54, 1.807) is 6.07 Å². The summed E-state index contributed by atoms with van der Waals surface area (Å²) in [6.45, 7) is 0. The van der Waals surface area contributed by atoms with Gasteiger partial charge in [0.05, 0.1) is 11.1 Å². The number of hydrogen-bond acceptors (Lipinski definition) is 3. The number of aromatic hydroxyl groups is 1. The van der Waals surface area contributed by atoms with Crippen LogP contribution in [0.4, 0.5) is 0 Å². The zero-order valence-electron chi connectivity index (χ0n) is 5.98. The molecule has 0 saturated heterocycles. The number of carboxylic acids is 1. The normalized spacial score (nSPS) is 8.92. The van der Waals surface area contributed by atoms with E-state index < -0.39 is 5.97 Å². The van der Waals surface area contributed by atoms with Gasteiger partial charge in [-0.15, -0.1) is 0 Å². The summed E-state index contributed by atoms with van der Waals surface area (Å²) in [7, 11) is 0. The zero-order valence-corrected chi connectivity index (χ0v) is 5.98. The van der Waals surface area contributed by atoms with Crippen LogP contribution in [0, 0.1) is 11.3 Å². The Hall–Kier alpha value is -2.02. The number of phenols is 1. The van der Waals surface area contributed by atoms with Crippen LogP contribution in [0.5, 0.6) is 5.75 Å². The smallest absolute Gasteiger partial charge is 0.337 e. The predicted octanol–water partition coefficient (Wildman–Crippen LogP) is 0.962. The number of carbonyl (C=O) groups is 1. The van der Waals surface area contributed by atoms with Crippen molar-refractivity contribution in [2.45, 2.75) is 0 Å². The number of rotatable bonds is 1. The molecule has 0 radical (unpaired) electrons. The quantitative estimate of drug-likeness (QED) is 0.646. The average Bonchev–Trinajstić information content (AvgIpc) is 2.04. The molecule has 4 nitrogen and oxygen atoms in total. The van der Waals surface area contributed by atoms with Gasteiger partial charge < -0.3 is 10.2 Å². The minimum Gasteiger partial charge on any atom is -0.508 e. The van der Waals surface area contributed by atoms with Gasteiger partial charge in [0.1, 0.15) is 11.8 Å².